The molecule has 0 aromatic heterocycles. The fourth-order valence-corrected chi connectivity index (χ4v) is 1.68. The van der Waals surface area contributed by atoms with Gasteiger partial charge in [-0.3, -0.25) is 0 Å². The first-order valence-electron chi connectivity index (χ1n) is 4.90. The molecule has 0 aliphatic heterocycles. The molecule has 0 aliphatic rings. The van der Waals surface area contributed by atoms with Gasteiger partial charge in [0.2, 0.25) is 0 Å². The van der Waals surface area contributed by atoms with E-state index < -0.39 is 0 Å². The van der Waals surface area contributed by atoms with Crippen molar-refractivity contribution in [3.63, 3.8) is 0 Å². The maximum atomic E-state index is 13.2. The van der Waals surface area contributed by atoms with E-state index in [-0.39, 0.29) is 5.82 Å². The number of benzene rings is 2. The molecule has 0 amide bonds. The third-order valence-electron chi connectivity index (χ3n) is 2.36. The number of hydrogen-bond acceptors (Lipinski definition) is 0. The van der Waals surface area contributed by atoms with Gasteiger partial charge in [-0.2, -0.15) is 0 Å². The van der Waals surface area contributed by atoms with Crippen LogP contribution in [0.5, 0.6) is 0 Å². The molecule has 0 spiro atoms. The minimum Gasteiger partial charge on any atom is -0.206 e. The minimum absolute atomic E-state index is 0.259. The number of fused-ring (bicyclic) bond motifs is 1. The summed E-state index contributed by atoms with van der Waals surface area (Å²) in [5.41, 5.74) is 1.27. The molecule has 0 aliphatic carbocycles. The Morgan fingerprint density at radius 2 is 2.14 bits per heavy atom. The van der Waals surface area contributed by atoms with Gasteiger partial charge in [-0.25, -0.2) is 4.39 Å². The van der Waals surface area contributed by atoms with Gasteiger partial charge in [0.05, 0.1) is 0 Å². The summed E-state index contributed by atoms with van der Waals surface area (Å²) in [5.74, 6) is -0.259. The van der Waals surface area contributed by atoms with E-state index in [0.717, 1.165) is 18.2 Å². The zero-order chi connectivity index (χ0) is 9.97. The van der Waals surface area contributed by atoms with Crippen LogP contribution >= 0.6 is 0 Å². The standard InChI is InChI=1S/C13H12F/c1-2-4-10-7-8-12-11(9-10)5-3-6-13(12)14/h3,5,7-9H,2,4H2,1H3. The smallest absolute Gasteiger partial charge is 0.138 e. The summed E-state index contributed by atoms with van der Waals surface area (Å²) in [6.45, 7) is 2.14. The fraction of sp³-hybridized carbons (Fsp3) is 0.231. The van der Waals surface area contributed by atoms with Crippen LogP contribution < -0.4 is 0 Å². The van der Waals surface area contributed by atoms with Gasteiger partial charge in [0.15, 0.2) is 0 Å². The first kappa shape index (κ1) is 9.20. The van der Waals surface area contributed by atoms with Gasteiger partial charge >= 0.3 is 0 Å². The molecule has 2 rings (SSSR count). The minimum atomic E-state index is -0.259. The van der Waals surface area contributed by atoms with Crippen molar-refractivity contribution in [2.75, 3.05) is 0 Å². The summed E-state index contributed by atoms with van der Waals surface area (Å²) in [5, 5.41) is 1.62. The molecule has 1 radical (unpaired) electrons. The van der Waals surface area contributed by atoms with Crippen LogP contribution in [0.4, 0.5) is 4.39 Å². The summed E-state index contributed by atoms with van der Waals surface area (Å²) in [6, 6.07) is 12.0. The van der Waals surface area contributed by atoms with Gasteiger partial charge in [-0.05, 0) is 17.4 Å². The third kappa shape index (κ3) is 1.63. The fourth-order valence-electron chi connectivity index (χ4n) is 1.68. The van der Waals surface area contributed by atoms with E-state index in [2.05, 4.69) is 19.1 Å². The number of halogens is 1. The van der Waals surface area contributed by atoms with Crippen LogP contribution in [0.3, 0.4) is 0 Å². The van der Waals surface area contributed by atoms with Crippen LogP contribution in [0.25, 0.3) is 10.8 Å². The van der Waals surface area contributed by atoms with Crippen LogP contribution in [-0.4, -0.2) is 0 Å². The van der Waals surface area contributed by atoms with Crippen molar-refractivity contribution in [3.05, 3.63) is 47.8 Å². The molecule has 0 unspecified atom stereocenters. The number of rotatable bonds is 2. The van der Waals surface area contributed by atoms with Gasteiger partial charge in [0.25, 0.3) is 0 Å². The third-order valence-corrected chi connectivity index (χ3v) is 2.36. The molecule has 0 bridgehead atoms. The lowest BCUT2D eigenvalue weighted by molar-refractivity contribution is 0.637. The van der Waals surface area contributed by atoms with E-state index in [9.17, 15) is 4.39 Å². The van der Waals surface area contributed by atoms with Crippen LogP contribution in [0.1, 0.15) is 18.9 Å². The normalized spacial score (nSPS) is 10.7. The van der Waals surface area contributed by atoms with Crippen molar-refractivity contribution in [2.24, 2.45) is 0 Å². The second kappa shape index (κ2) is 3.79. The van der Waals surface area contributed by atoms with E-state index in [1.165, 1.54) is 5.56 Å². The van der Waals surface area contributed by atoms with Crippen LogP contribution in [0, 0.1) is 11.9 Å². The lowest BCUT2D eigenvalue weighted by Gasteiger charge is -2.02. The number of aryl methyl sites for hydroxylation is 1. The van der Waals surface area contributed by atoms with E-state index >= 15 is 0 Å². The monoisotopic (exact) mass is 187 g/mol. The highest BCUT2D eigenvalue weighted by Gasteiger charge is 2.00. The Labute approximate surface area is 83.4 Å². The zero-order valence-electron chi connectivity index (χ0n) is 8.18. The molecular formula is C13H12F. The molecule has 14 heavy (non-hydrogen) atoms. The Morgan fingerprint density at radius 1 is 1.29 bits per heavy atom. The molecule has 1 heteroatoms. The molecule has 0 N–H and O–H groups in total. The van der Waals surface area contributed by atoms with Gasteiger partial charge in [-0.1, -0.05) is 43.7 Å². The van der Waals surface area contributed by atoms with E-state index in [1.807, 2.05) is 18.2 Å². The number of hydrogen-bond donors (Lipinski definition) is 0. The van der Waals surface area contributed by atoms with Gasteiger partial charge < -0.3 is 0 Å². The van der Waals surface area contributed by atoms with E-state index in [1.54, 1.807) is 6.07 Å². The Hall–Kier alpha value is -1.37. The highest BCUT2D eigenvalue weighted by Crippen LogP contribution is 2.19. The summed E-state index contributed by atoms with van der Waals surface area (Å²) < 4.78 is 13.2. The molecule has 71 valence electrons. The molecule has 0 heterocycles. The second-order valence-corrected chi connectivity index (χ2v) is 3.46. The molecule has 2 aromatic carbocycles. The van der Waals surface area contributed by atoms with Crippen molar-refractivity contribution in [1.82, 2.24) is 0 Å². The Morgan fingerprint density at radius 3 is 2.93 bits per heavy atom. The average molecular weight is 187 g/mol. The van der Waals surface area contributed by atoms with Crippen LogP contribution in [0.15, 0.2) is 30.3 Å². The van der Waals surface area contributed by atoms with Crippen LogP contribution in [0.2, 0.25) is 0 Å². The quantitative estimate of drug-likeness (QED) is 0.672. The molecule has 0 atom stereocenters. The molecule has 0 saturated heterocycles. The van der Waals surface area contributed by atoms with Crippen LogP contribution in [-0.2, 0) is 6.42 Å². The topological polar surface area (TPSA) is 0 Å². The van der Waals surface area contributed by atoms with Crippen molar-refractivity contribution >= 4 is 10.8 Å². The highest BCUT2D eigenvalue weighted by atomic mass is 19.1. The summed E-state index contributed by atoms with van der Waals surface area (Å²) >= 11 is 0. The molecule has 0 fully saturated rings. The Kier molecular flexibility index (Phi) is 2.49. The van der Waals surface area contributed by atoms with Crippen molar-refractivity contribution in [3.8, 4) is 0 Å². The van der Waals surface area contributed by atoms with Crippen molar-refractivity contribution in [2.45, 2.75) is 19.8 Å². The Balaban J connectivity index is 2.56. The lowest BCUT2D eigenvalue weighted by atomic mass is 10.0. The van der Waals surface area contributed by atoms with Crippen molar-refractivity contribution < 1.29 is 4.39 Å². The molecular weight excluding hydrogens is 175 g/mol. The highest BCUT2D eigenvalue weighted by molar-refractivity contribution is 5.83. The summed E-state index contributed by atoms with van der Waals surface area (Å²) in [6.07, 6.45) is 2.17. The molecule has 0 nitrogen and oxygen atoms in total. The maximum Gasteiger partial charge on any atom is 0.138 e. The summed E-state index contributed by atoms with van der Waals surface area (Å²) in [4.78, 5) is 0. The molecule has 2 aromatic rings. The summed E-state index contributed by atoms with van der Waals surface area (Å²) in [7, 11) is 0. The first-order chi connectivity index (χ1) is 6.81. The SMILES string of the molecule is CCCc1ccc2c(F)[c]ccc2c1. The lowest BCUT2D eigenvalue weighted by Crippen LogP contribution is -1.85. The predicted octanol–water partition coefficient (Wildman–Crippen LogP) is 3.73. The Bertz CT molecular complexity index is 446. The first-order valence-corrected chi connectivity index (χ1v) is 4.90. The van der Waals surface area contributed by atoms with E-state index in [0.29, 0.717) is 5.39 Å². The second-order valence-electron chi connectivity index (χ2n) is 3.46. The van der Waals surface area contributed by atoms with Gasteiger partial charge in [0.1, 0.15) is 5.82 Å². The maximum absolute atomic E-state index is 13.2. The van der Waals surface area contributed by atoms with E-state index in [4.69, 9.17) is 0 Å². The predicted molar refractivity (Wildman–Crippen MR) is 56.7 cm³/mol. The largest absolute Gasteiger partial charge is 0.206 e. The van der Waals surface area contributed by atoms with Gasteiger partial charge in [0, 0.05) is 11.5 Å². The zero-order valence-corrected chi connectivity index (χ0v) is 8.18. The average Bonchev–Trinajstić information content (AvgIpc) is 2.18. The van der Waals surface area contributed by atoms with Gasteiger partial charge in [-0.15, -0.1) is 0 Å². The molecule has 0 saturated carbocycles. The van der Waals surface area contributed by atoms with Crippen molar-refractivity contribution in [1.29, 1.82) is 0 Å².